The fraction of sp³-hybridized carbons (Fsp3) is 0.409. The van der Waals surface area contributed by atoms with Crippen LogP contribution in [0.2, 0.25) is 0 Å². The number of nitrogen functional groups attached to an aromatic ring is 1. The maximum atomic E-state index is 12.6. The summed E-state index contributed by atoms with van der Waals surface area (Å²) in [5.74, 6) is -1.15. The van der Waals surface area contributed by atoms with Gasteiger partial charge < -0.3 is 20.1 Å². The van der Waals surface area contributed by atoms with E-state index >= 15 is 0 Å². The SMILES string of the molecule is CN(CCOc1ccc(C(F)(F)F)cc1N)C(=O)OC(C)(C)C.O=[N+]([O-])c1cc(C(F)(F)F)ccc1F. The summed E-state index contributed by atoms with van der Waals surface area (Å²) in [7, 11) is 1.54. The van der Waals surface area contributed by atoms with E-state index in [2.05, 4.69) is 0 Å². The summed E-state index contributed by atoms with van der Waals surface area (Å²) in [5, 5.41) is 10.1. The summed E-state index contributed by atoms with van der Waals surface area (Å²) in [5.41, 5.74) is 1.56. The van der Waals surface area contributed by atoms with E-state index in [0.717, 1.165) is 18.2 Å². The molecule has 15 heteroatoms. The van der Waals surface area contributed by atoms with Gasteiger partial charge in [0.25, 0.3) is 0 Å². The van der Waals surface area contributed by atoms with Crippen molar-refractivity contribution >= 4 is 17.5 Å². The highest BCUT2D eigenvalue weighted by molar-refractivity contribution is 5.67. The number of nitrogens with zero attached hydrogens (tertiary/aromatic N) is 2. The fourth-order valence-electron chi connectivity index (χ4n) is 2.41. The van der Waals surface area contributed by atoms with Gasteiger partial charge in [-0.2, -0.15) is 30.7 Å². The molecule has 0 saturated heterocycles. The second kappa shape index (κ2) is 12.0. The molecule has 0 fully saturated rings. The molecule has 206 valence electrons. The highest BCUT2D eigenvalue weighted by Crippen LogP contribution is 2.34. The molecule has 2 aromatic carbocycles. The molecule has 0 aliphatic heterocycles. The molecule has 37 heavy (non-hydrogen) atoms. The van der Waals surface area contributed by atoms with E-state index in [0.29, 0.717) is 12.1 Å². The topological polar surface area (TPSA) is 108 Å². The first-order valence-corrected chi connectivity index (χ1v) is 10.3. The lowest BCUT2D eigenvalue weighted by Gasteiger charge is -2.24. The second-order valence-electron chi connectivity index (χ2n) is 8.42. The predicted molar refractivity (Wildman–Crippen MR) is 118 cm³/mol. The van der Waals surface area contributed by atoms with Gasteiger partial charge in [-0.25, -0.2) is 4.79 Å². The Morgan fingerprint density at radius 2 is 1.51 bits per heavy atom. The number of carbonyl (C=O) groups excluding carboxylic acids is 1. The number of likely N-dealkylation sites (N-methyl/N-ethyl adjacent to an activating group) is 1. The first-order chi connectivity index (χ1) is 16.7. The standard InChI is InChI=1S/C15H21F3N2O3.C7H3F4NO2/c1-14(2,3)23-13(21)20(4)7-8-22-12-6-5-10(9-11(12)19)15(16,17)18;8-5-2-1-4(7(9,10)11)3-6(5)12(13)14/h5-6,9H,7-8,19H2,1-4H3;1-3H. The van der Waals surface area contributed by atoms with Crippen molar-refractivity contribution in [3.8, 4) is 5.75 Å². The first kappa shape index (κ1) is 31.3. The van der Waals surface area contributed by atoms with Gasteiger partial charge in [-0.05, 0) is 51.1 Å². The van der Waals surface area contributed by atoms with E-state index in [4.69, 9.17) is 15.2 Å². The average molecular weight is 543 g/mol. The molecule has 0 aliphatic rings. The Hall–Kier alpha value is -3.78. The number of hydrogen-bond acceptors (Lipinski definition) is 6. The summed E-state index contributed by atoms with van der Waals surface area (Å²) in [6.07, 6.45) is -9.68. The van der Waals surface area contributed by atoms with E-state index in [-0.39, 0.29) is 30.7 Å². The molecule has 8 nitrogen and oxygen atoms in total. The molecule has 2 N–H and O–H groups in total. The molecule has 0 saturated carbocycles. The van der Waals surface area contributed by atoms with Crippen molar-refractivity contribution in [1.29, 1.82) is 0 Å². The molecule has 0 radical (unpaired) electrons. The number of carbonyl (C=O) groups is 1. The van der Waals surface area contributed by atoms with Gasteiger partial charge in [0.1, 0.15) is 18.0 Å². The fourth-order valence-corrected chi connectivity index (χ4v) is 2.41. The molecule has 0 heterocycles. The van der Waals surface area contributed by atoms with Crippen molar-refractivity contribution in [1.82, 2.24) is 4.90 Å². The number of amides is 1. The summed E-state index contributed by atoms with van der Waals surface area (Å²) in [4.78, 5) is 21.9. The Balaban J connectivity index is 0.000000417. The molecule has 0 unspecified atom stereocenters. The lowest BCUT2D eigenvalue weighted by Crippen LogP contribution is -2.36. The number of halogens is 7. The van der Waals surface area contributed by atoms with Gasteiger partial charge in [0.05, 0.1) is 28.3 Å². The Kier molecular flexibility index (Phi) is 10.1. The zero-order valence-electron chi connectivity index (χ0n) is 20.0. The van der Waals surface area contributed by atoms with E-state index < -0.39 is 51.6 Å². The number of anilines is 1. The highest BCUT2D eigenvalue weighted by Gasteiger charge is 2.33. The van der Waals surface area contributed by atoms with Crippen LogP contribution in [0.3, 0.4) is 0 Å². The third kappa shape index (κ3) is 10.4. The van der Waals surface area contributed by atoms with Crippen LogP contribution in [0.5, 0.6) is 5.75 Å². The van der Waals surface area contributed by atoms with Crippen LogP contribution in [0.25, 0.3) is 0 Å². The van der Waals surface area contributed by atoms with Crippen LogP contribution in [-0.4, -0.2) is 41.7 Å². The first-order valence-electron chi connectivity index (χ1n) is 10.3. The van der Waals surface area contributed by atoms with Crippen LogP contribution in [0.1, 0.15) is 31.9 Å². The van der Waals surface area contributed by atoms with Crippen LogP contribution in [0.15, 0.2) is 36.4 Å². The minimum absolute atomic E-state index is 0.0747. The number of benzene rings is 2. The normalized spacial score (nSPS) is 11.8. The third-order valence-electron chi connectivity index (χ3n) is 4.20. The molecule has 1 amide bonds. The van der Waals surface area contributed by atoms with Crippen molar-refractivity contribution in [3.05, 3.63) is 63.5 Å². The van der Waals surface area contributed by atoms with Gasteiger partial charge >= 0.3 is 24.1 Å². The molecule has 0 aliphatic carbocycles. The molecular weight excluding hydrogens is 519 g/mol. The minimum Gasteiger partial charge on any atom is -0.490 e. The second-order valence-corrected chi connectivity index (χ2v) is 8.42. The van der Waals surface area contributed by atoms with Gasteiger partial charge in [-0.15, -0.1) is 0 Å². The van der Waals surface area contributed by atoms with E-state index in [1.54, 1.807) is 20.8 Å². The highest BCUT2D eigenvalue weighted by atomic mass is 19.4. The molecular formula is C22H24F7N3O5. The number of nitro groups is 1. The number of ether oxygens (including phenoxy) is 2. The smallest absolute Gasteiger partial charge is 0.416 e. The average Bonchev–Trinajstić information content (AvgIpc) is 2.72. The zero-order chi connectivity index (χ0) is 28.8. The minimum atomic E-state index is -4.71. The van der Waals surface area contributed by atoms with Crippen LogP contribution in [-0.2, 0) is 17.1 Å². The van der Waals surface area contributed by atoms with E-state index in [1.165, 1.54) is 11.9 Å². The van der Waals surface area contributed by atoms with E-state index in [1.807, 2.05) is 0 Å². The summed E-state index contributed by atoms with van der Waals surface area (Å²) >= 11 is 0. The van der Waals surface area contributed by atoms with Gasteiger partial charge in [0.15, 0.2) is 0 Å². The number of nitro benzene ring substituents is 1. The summed E-state index contributed by atoms with van der Waals surface area (Å²) in [6, 6.07) is 3.89. The van der Waals surface area contributed by atoms with Gasteiger partial charge in [-0.1, -0.05) is 0 Å². The van der Waals surface area contributed by atoms with Crippen molar-refractivity contribution in [3.63, 3.8) is 0 Å². The van der Waals surface area contributed by atoms with Crippen LogP contribution in [0, 0.1) is 15.9 Å². The Morgan fingerprint density at radius 3 is 1.97 bits per heavy atom. The van der Waals surface area contributed by atoms with E-state index in [9.17, 15) is 45.6 Å². The lowest BCUT2D eigenvalue weighted by atomic mass is 10.2. The number of rotatable bonds is 5. The summed E-state index contributed by atoms with van der Waals surface area (Å²) in [6.45, 7) is 5.52. The van der Waals surface area contributed by atoms with Crippen molar-refractivity contribution < 1.29 is 49.9 Å². The van der Waals surface area contributed by atoms with Crippen LogP contribution < -0.4 is 10.5 Å². The van der Waals surface area contributed by atoms with Gasteiger partial charge in [0.2, 0.25) is 5.82 Å². The maximum absolute atomic E-state index is 12.6. The van der Waals surface area contributed by atoms with Gasteiger partial charge in [-0.3, -0.25) is 10.1 Å². The Morgan fingerprint density at radius 1 is 1.00 bits per heavy atom. The molecule has 0 spiro atoms. The lowest BCUT2D eigenvalue weighted by molar-refractivity contribution is -0.387. The number of hydrogen-bond donors (Lipinski definition) is 1. The van der Waals surface area contributed by atoms with Gasteiger partial charge in [0, 0.05) is 13.1 Å². The zero-order valence-corrected chi connectivity index (χ0v) is 20.0. The summed E-state index contributed by atoms with van der Waals surface area (Å²) < 4.78 is 96.7. The molecule has 0 atom stereocenters. The molecule has 0 aromatic heterocycles. The quantitative estimate of drug-likeness (QED) is 0.206. The number of nitrogens with two attached hydrogens (primary N) is 1. The van der Waals surface area contributed by atoms with Crippen LogP contribution in [0.4, 0.5) is 46.9 Å². The Labute approximate surface area is 206 Å². The van der Waals surface area contributed by atoms with Crippen molar-refractivity contribution in [2.75, 3.05) is 25.9 Å². The molecule has 2 rings (SSSR count). The predicted octanol–water partition coefficient (Wildman–Crippen LogP) is 6.29. The largest absolute Gasteiger partial charge is 0.490 e. The van der Waals surface area contributed by atoms with Crippen LogP contribution >= 0.6 is 0 Å². The van der Waals surface area contributed by atoms with Crippen molar-refractivity contribution in [2.45, 2.75) is 38.7 Å². The Bertz CT molecular complexity index is 1100. The monoisotopic (exact) mass is 543 g/mol. The maximum Gasteiger partial charge on any atom is 0.416 e. The molecule has 0 bridgehead atoms. The molecule has 2 aromatic rings. The number of alkyl halides is 6. The van der Waals surface area contributed by atoms with Crippen molar-refractivity contribution in [2.24, 2.45) is 0 Å². The third-order valence-corrected chi connectivity index (χ3v) is 4.20.